The van der Waals surface area contributed by atoms with Gasteiger partial charge in [0.15, 0.2) is 0 Å². The zero-order valence-electron chi connectivity index (χ0n) is 16.8. The van der Waals surface area contributed by atoms with Crippen LogP contribution in [-0.2, 0) is 9.47 Å². The van der Waals surface area contributed by atoms with Gasteiger partial charge in [0.25, 0.3) is 0 Å². The van der Waals surface area contributed by atoms with E-state index in [2.05, 4.69) is 9.80 Å². The summed E-state index contributed by atoms with van der Waals surface area (Å²) < 4.78 is 11.1. The third kappa shape index (κ3) is 6.45. The standard InChI is InChI=1S/C21H40N2O3/c1-25-14-12-22-10-8-18(9-11-22)15-23(17-20-6-4-13-26-20)16-19-5-2-3-7-21(19)24/h18-21,24H,2-17H2,1H3. The smallest absolute Gasteiger partial charge is 0.0702 e. The molecule has 3 unspecified atom stereocenters. The van der Waals surface area contributed by atoms with Gasteiger partial charge < -0.3 is 24.4 Å². The summed E-state index contributed by atoms with van der Waals surface area (Å²) in [4.78, 5) is 5.18. The number of piperidine rings is 1. The Morgan fingerprint density at radius 2 is 1.81 bits per heavy atom. The summed E-state index contributed by atoms with van der Waals surface area (Å²) in [5.74, 6) is 1.25. The minimum Gasteiger partial charge on any atom is -0.393 e. The molecule has 3 atom stereocenters. The molecule has 0 amide bonds. The van der Waals surface area contributed by atoms with Gasteiger partial charge in [0, 0.05) is 39.9 Å². The van der Waals surface area contributed by atoms with Crippen LogP contribution in [-0.4, -0.2) is 86.7 Å². The third-order valence-corrected chi connectivity index (χ3v) is 6.68. The van der Waals surface area contributed by atoms with E-state index in [9.17, 15) is 5.11 Å². The maximum absolute atomic E-state index is 10.4. The minimum absolute atomic E-state index is 0.0911. The lowest BCUT2D eigenvalue weighted by atomic mass is 9.85. The molecule has 0 aromatic rings. The fourth-order valence-corrected chi connectivity index (χ4v) is 5.01. The van der Waals surface area contributed by atoms with Crippen molar-refractivity contribution in [2.75, 3.05) is 59.6 Å². The lowest BCUT2D eigenvalue weighted by Crippen LogP contribution is -2.45. The maximum Gasteiger partial charge on any atom is 0.0702 e. The number of hydrogen-bond acceptors (Lipinski definition) is 5. The summed E-state index contributed by atoms with van der Waals surface area (Å²) in [6.45, 7) is 8.55. The van der Waals surface area contributed by atoms with Crippen molar-refractivity contribution >= 4 is 0 Å². The molecule has 1 aliphatic carbocycles. The predicted molar refractivity (Wildman–Crippen MR) is 104 cm³/mol. The highest BCUT2D eigenvalue weighted by Gasteiger charge is 2.29. The number of ether oxygens (including phenoxy) is 2. The summed E-state index contributed by atoms with van der Waals surface area (Å²) in [5, 5.41) is 10.4. The second kappa shape index (κ2) is 11.0. The number of hydrogen-bond donors (Lipinski definition) is 1. The zero-order valence-corrected chi connectivity index (χ0v) is 16.8. The summed E-state index contributed by atoms with van der Waals surface area (Å²) in [6, 6.07) is 0. The molecule has 152 valence electrons. The zero-order chi connectivity index (χ0) is 18.2. The Morgan fingerprint density at radius 3 is 2.50 bits per heavy atom. The van der Waals surface area contributed by atoms with Crippen LogP contribution in [0.3, 0.4) is 0 Å². The van der Waals surface area contributed by atoms with Gasteiger partial charge in [-0.15, -0.1) is 0 Å². The van der Waals surface area contributed by atoms with E-state index < -0.39 is 0 Å². The van der Waals surface area contributed by atoms with Crippen molar-refractivity contribution in [3.05, 3.63) is 0 Å². The average molecular weight is 369 g/mol. The van der Waals surface area contributed by atoms with Crippen molar-refractivity contribution in [2.45, 2.75) is 63.6 Å². The molecular formula is C21H40N2O3. The molecule has 3 fully saturated rings. The summed E-state index contributed by atoms with van der Waals surface area (Å²) in [5.41, 5.74) is 0. The number of nitrogens with zero attached hydrogens (tertiary/aromatic N) is 2. The lowest BCUT2D eigenvalue weighted by Gasteiger charge is -2.38. The Morgan fingerprint density at radius 1 is 1.00 bits per heavy atom. The highest BCUT2D eigenvalue weighted by Crippen LogP contribution is 2.27. The van der Waals surface area contributed by atoms with Gasteiger partial charge in [0.1, 0.15) is 0 Å². The fourth-order valence-electron chi connectivity index (χ4n) is 5.01. The molecule has 0 aromatic heterocycles. The van der Waals surface area contributed by atoms with Gasteiger partial charge in [-0.3, -0.25) is 0 Å². The molecule has 0 aromatic carbocycles. The maximum atomic E-state index is 10.4. The molecule has 2 aliphatic heterocycles. The van der Waals surface area contributed by atoms with Gasteiger partial charge in [-0.1, -0.05) is 12.8 Å². The Balaban J connectivity index is 1.48. The van der Waals surface area contributed by atoms with E-state index in [4.69, 9.17) is 9.47 Å². The van der Waals surface area contributed by atoms with Crippen molar-refractivity contribution in [1.29, 1.82) is 0 Å². The molecule has 2 heterocycles. The van der Waals surface area contributed by atoms with Crippen LogP contribution in [0.4, 0.5) is 0 Å². The van der Waals surface area contributed by atoms with Crippen molar-refractivity contribution in [3.63, 3.8) is 0 Å². The van der Waals surface area contributed by atoms with E-state index in [0.29, 0.717) is 12.0 Å². The van der Waals surface area contributed by atoms with Crippen LogP contribution in [0.5, 0.6) is 0 Å². The Kier molecular flexibility index (Phi) is 8.66. The first-order valence-electron chi connectivity index (χ1n) is 11.0. The van der Waals surface area contributed by atoms with Crippen LogP contribution in [0.1, 0.15) is 51.4 Å². The van der Waals surface area contributed by atoms with E-state index in [1.807, 2.05) is 0 Å². The van der Waals surface area contributed by atoms with Crippen LogP contribution in [0.15, 0.2) is 0 Å². The molecule has 5 heteroatoms. The average Bonchev–Trinajstić information content (AvgIpc) is 3.16. The molecular weight excluding hydrogens is 328 g/mol. The van der Waals surface area contributed by atoms with Crippen LogP contribution >= 0.6 is 0 Å². The highest BCUT2D eigenvalue weighted by atomic mass is 16.5. The first kappa shape index (κ1) is 20.5. The van der Waals surface area contributed by atoms with Gasteiger partial charge in [0.05, 0.1) is 18.8 Å². The van der Waals surface area contributed by atoms with Crippen molar-refractivity contribution < 1.29 is 14.6 Å². The number of aliphatic hydroxyl groups excluding tert-OH is 1. The minimum atomic E-state index is -0.0911. The fraction of sp³-hybridized carbons (Fsp3) is 1.00. The van der Waals surface area contributed by atoms with E-state index in [1.54, 1.807) is 7.11 Å². The molecule has 26 heavy (non-hydrogen) atoms. The number of aliphatic hydroxyl groups is 1. The molecule has 3 rings (SSSR count). The predicted octanol–water partition coefficient (Wildman–Crippen LogP) is 2.38. The second-order valence-electron chi connectivity index (χ2n) is 8.74. The Labute approximate surface area is 160 Å². The largest absolute Gasteiger partial charge is 0.393 e. The van der Waals surface area contributed by atoms with Gasteiger partial charge in [0.2, 0.25) is 0 Å². The highest BCUT2D eigenvalue weighted by molar-refractivity contribution is 4.82. The van der Waals surface area contributed by atoms with Crippen LogP contribution in [0.2, 0.25) is 0 Å². The van der Waals surface area contributed by atoms with E-state index >= 15 is 0 Å². The molecule has 2 saturated heterocycles. The number of likely N-dealkylation sites (tertiary alicyclic amines) is 1. The normalized spacial score (nSPS) is 31.7. The number of rotatable bonds is 9. The first-order chi connectivity index (χ1) is 12.7. The van der Waals surface area contributed by atoms with Gasteiger partial charge in [-0.2, -0.15) is 0 Å². The lowest BCUT2D eigenvalue weighted by molar-refractivity contribution is 0.0164. The van der Waals surface area contributed by atoms with E-state index in [1.165, 1.54) is 64.6 Å². The quantitative estimate of drug-likeness (QED) is 0.677. The molecule has 3 aliphatic rings. The van der Waals surface area contributed by atoms with Gasteiger partial charge in [-0.05, 0) is 63.5 Å². The molecule has 5 nitrogen and oxygen atoms in total. The van der Waals surface area contributed by atoms with Gasteiger partial charge in [-0.25, -0.2) is 0 Å². The molecule has 0 bridgehead atoms. The number of methoxy groups -OCH3 is 1. The topological polar surface area (TPSA) is 45.2 Å². The van der Waals surface area contributed by atoms with E-state index in [-0.39, 0.29) is 6.10 Å². The van der Waals surface area contributed by atoms with Crippen molar-refractivity contribution in [3.8, 4) is 0 Å². The monoisotopic (exact) mass is 368 g/mol. The third-order valence-electron chi connectivity index (χ3n) is 6.68. The Bertz CT molecular complexity index is 381. The van der Waals surface area contributed by atoms with Crippen molar-refractivity contribution in [2.24, 2.45) is 11.8 Å². The van der Waals surface area contributed by atoms with Crippen LogP contribution < -0.4 is 0 Å². The molecule has 0 spiro atoms. The molecule has 0 radical (unpaired) electrons. The molecule has 1 N–H and O–H groups in total. The van der Waals surface area contributed by atoms with Gasteiger partial charge >= 0.3 is 0 Å². The van der Waals surface area contributed by atoms with E-state index in [0.717, 1.165) is 45.2 Å². The van der Waals surface area contributed by atoms with Crippen molar-refractivity contribution in [1.82, 2.24) is 9.80 Å². The summed E-state index contributed by atoms with van der Waals surface area (Å²) in [6.07, 6.45) is 10.00. The molecule has 1 saturated carbocycles. The Hall–Kier alpha value is -0.200. The summed E-state index contributed by atoms with van der Waals surface area (Å²) >= 11 is 0. The van der Waals surface area contributed by atoms with Crippen LogP contribution in [0.25, 0.3) is 0 Å². The first-order valence-corrected chi connectivity index (χ1v) is 11.0. The van der Waals surface area contributed by atoms with Crippen LogP contribution in [0, 0.1) is 11.8 Å². The second-order valence-corrected chi connectivity index (χ2v) is 8.74. The SMILES string of the molecule is COCCN1CCC(CN(CC2CCCO2)CC2CCCCC2O)CC1. The summed E-state index contributed by atoms with van der Waals surface area (Å²) in [7, 11) is 1.79.